The molecule has 2 aliphatic heterocycles. The van der Waals surface area contributed by atoms with E-state index in [-0.39, 0.29) is 0 Å². The van der Waals surface area contributed by atoms with Crippen molar-refractivity contribution in [2.24, 2.45) is 5.92 Å². The highest BCUT2D eigenvalue weighted by molar-refractivity contribution is 5.52. The van der Waals surface area contributed by atoms with Crippen molar-refractivity contribution in [3.05, 3.63) is 30.3 Å². The van der Waals surface area contributed by atoms with Crippen molar-refractivity contribution < 1.29 is 0 Å². The van der Waals surface area contributed by atoms with Gasteiger partial charge in [-0.15, -0.1) is 10.2 Å². The molecule has 1 N–H and O–H groups in total. The molecule has 2 fully saturated rings. The van der Waals surface area contributed by atoms with Crippen LogP contribution in [-0.4, -0.2) is 32.3 Å². The minimum atomic E-state index is 0.723. The SMILES string of the molecule is c1ccc(-c2nnn(CCC3CC4CCC(C3)N4)n2)cc1. The molecular weight excluding hydrogens is 262 g/mol. The van der Waals surface area contributed by atoms with Crippen LogP contribution in [0.3, 0.4) is 0 Å². The number of hydrogen-bond donors (Lipinski definition) is 1. The maximum atomic E-state index is 4.50. The summed E-state index contributed by atoms with van der Waals surface area (Å²) in [4.78, 5) is 1.76. The molecule has 3 heterocycles. The van der Waals surface area contributed by atoms with E-state index in [0.717, 1.165) is 35.9 Å². The van der Waals surface area contributed by atoms with Crippen LogP contribution in [0.4, 0.5) is 0 Å². The zero-order valence-electron chi connectivity index (χ0n) is 12.2. The van der Waals surface area contributed by atoms with Gasteiger partial charge in [-0.25, -0.2) is 0 Å². The first-order valence-electron chi connectivity index (χ1n) is 7.96. The zero-order valence-corrected chi connectivity index (χ0v) is 12.2. The molecule has 2 aliphatic rings. The Hall–Kier alpha value is -1.75. The Morgan fingerprint density at radius 1 is 1.10 bits per heavy atom. The van der Waals surface area contributed by atoms with Gasteiger partial charge in [0.2, 0.25) is 5.82 Å². The largest absolute Gasteiger partial charge is 0.311 e. The number of rotatable bonds is 4. The molecule has 0 spiro atoms. The fraction of sp³-hybridized carbons (Fsp3) is 0.562. The Kier molecular flexibility index (Phi) is 3.43. The molecule has 4 rings (SSSR count). The molecule has 5 nitrogen and oxygen atoms in total. The van der Waals surface area contributed by atoms with Crippen LogP contribution in [0.25, 0.3) is 11.4 Å². The Morgan fingerprint density at radius 3 is 2.62 bits per heavy atom. The summed E-state index contributed by atoms with van der Waals surface area (Å²) in [5.41, 5.74) is 1.03. The lowest BCUT2D eigenvalue weighted by Gasteiger charge is -2.28. The number of hydrogen-bond acceptors (Lipinski definition) is 4. The summed E-state index contributed by atoms with van der Waals surface area (Å²) in [5.74, 6) is 1.54. The number of aryl methyl sites for hydroxylation is 1. The molecule has 2 atom stereocenters. The maximum absolute atomic E-state index is 4.50. The lowest BCUT2D eigenvalue weighted by molar-refractivity contribution is 0.268. The number of piperidine rings is 1. The predicted octanol–water partition coefficient (Wildman–Crippen LogP) is 2.26. The normalized spacial score (nSPS) is 27.9. The van der Waals surface area contributed by atoms with Crippen LogP contribution >= 0.6 is 0 Å². The minimum absolute atomic E-state index is 0.723. The van der Waals surface area contributed by atoms with Crippen molar-refractivity contribution in [1.29, 1.82) is 0 Å². The number of benzene rings is 1. The van der Waals surface area contributed by atoms with E-state index in [1.54, 1.807) is 4.80 Å². The van der Waals surface area contributed by atoms with E-state index in [1.807, 2.05) is 30.3 Å². The van der Waals surface area contributed by atoms with Crippen LogP contribution in [0.2, 0.25) is 0 Å². The Labute approximate surface area is 124 Å². The topological polar surface area (TPSA) is 55.6 Å². The van der Waals surface area contributed by atoms with Gasteiger partial charge in [-0.1, -0.05) is 30.3 Å². The summed E-state index contributed by atoms with van der Waals surface area (Å²) in [6.07, 6.45) is 6.52. The molecule has 5 heteroatoms. The van der Waals surface area contributed by atoms with Crippen molar-refractivity contribution in [3.63, 3.8) is 0 Å². The third-order valence-electron chi connectivity index (χ3n) is 4.79. The standard InChI is InChI=1S/C16H21N5/c1-2-4-13(5-3-1)16-18-20-21(19-16)9-8-12-10-14-6-7-15(11-12)17-14/h1-5,12,14-15,17H,6-11H2. The van der Waals surface area contributed by atoms with E-state index >= 15 is 0 Å². The monoisotopic (exact) mass is 283 g/mol. The predicted molar refractivity (Wildman–Crippen MR) is 80.5 cm³/mol. The van der Waals surface area contributed by atoms with Gasteiger partial charge in [-0.2, -0.15) is 4.80 Å². The van der Waals surface area contributed by atoms with Crippen molar-refractivity contribution >= 4 is 0 Å². The second kappa shape index (κ2) is 5.56. The minimum Gasteiger partial charge on any atom is -0.311 e. The first kappa shape index (κ1) is 13.0. The van der Waals surface area contributed by atoms with Gasteiger partial charge in [0.25, 0.3) is 0 Å². The molecular formula is C16H21N5. The fourth-order valence-corrected chi connectivity index (χ4v) is 3.75. The highest BCUT2D eigenvalue weighted by Gasteiger charge is 2.33. The number of nitrogens with one attached hydrogen (secondary N) is 1. The lowest BCUT2D eigenvalue weighted by Crippen LogP contribution is -2.38. The first-order valence-corrected chi connectivity index (χ1v) is 7.96. The van der Waals surface area contributed by atoms with E-state index < -0.39 is 0 Å². The van der Waals surface area contributed by atoms with Crippen LogP contribution in [0.15, 0.2) is 30.3 Å². The quantitative estimate of drug-likeness (QED) is 0.935. The van der Waals surface area contributed by atoms with Gasteiger partial charge in [0.1, 0.15) is 0 Å². The lowest BCUT2D eigenvalue weighted by atomic mass is 9.90. The van der Waals surface area contributed by atoms with Crippen LogP contribution < -0.4 is 5.32 Å². The molecule has 2 saturated heterocycles. The zero-order chi connectivity index (χ0) is 14.1. The summed E-state index contributed by atoms with van der Waals surface area (Å²) < 4.78 is 0. The third kappa shape index (κ3) is 2.83. The number of tetrazole rings is 1. The van der Waals surface area contributed by atoms with E-state index in [1.165, 1.54) is 32.1 Å². The summed E-state index contributed by atoms with van der Waals surface area (Å²) in [6.45, 7) is 0.879. The molecule has 2 bridgehead atoms. The van der Waals surface area contributed by atoms with Crippen LogP contribution in [0.1, 0.15) is 32.1 Å². The first-order chi connectivity index (χ1) is 10.4. The molecule has 21 heavy (non-hydrogen) atoms. The van der Waals surface area contributed by atoms with Crippen LogP contribution in [-0.2, 0) is 6.54 Å². The molecule has 0 radical (unpaired) electrons. The fourth-order valence-electron chi connectivity index (χ4n) is 3.75. The molecule has 2 aromatic rings. The van der Waals surface area contributed by atoms with Gasteiger partial charge >= 0.3 is 0 Å². The van der Waals surface area contributed by atoms with Crippen molar-refractivity contribution in [1.82, 2.24) is 25.5 Å². The van der Waals surface area contributed by atoms with Crippen LogP contribution in [0.5, 0.6) is 0 Å². The third-order valence-corrected chi connectivity index (χ3v) is 4.79. The van der Waals surface area contributed by atoms with Gasteiger partial charge in [0, 0.05) is 17.6 Å². The number of fused-ring (bicyclic) bond motifs is 2. The number of aromatic nitrogens is 4. The van der Waals surface area contributed by atoms with Gasteiger partial charge in [0.15, 0.2) is 0 Å². The average molecular weight is 283 g/mol. The summed E-state index contributed by atoms with van der Waals surface area (Å²) in [6, 6.07) is 11.6. The van der Waals surface area contributed by atoms with Crippen LogP contribution in [0, 0.1) is 5.92 Å². The molecule has 110 valence electrons. The molecule has 2 unspecified atom stereocenters. The summed E-state index contributed by atoms with van der Waals surface area (Å²) in [7, 11) is 0. The smallest absolute Gasteiger partial charge is 0.204 e. The molecule has 0 saturated carbocycles. The van der Waals surface area contributed by atoms with Crippen molar-refractivity contribution in [3.8, 4) is 11.4 Å². The summed E-state index contributed by atoms with van der Waals surface area (Å²) in [5, 5.41) is 16.5. The molecule has 1 aromatic heterocycles. The Morgan fingerprint density at radius 2 is 1.86 bits per heavy atom. The molecule has 0 aliphatic carbocycles. The second-order valence-electron chi connectivity index (χ2n) is 6.34. The van der Waals surface area contributed by atoms with Gasteiger partial charge in [-0.3, -0.25) is 0 Å². The van der Waals surface area contributed by atoms with Gasteiger partial charge < -0.3 is 5.32 Å². The maximum Gasteiger partial charge on any atom is 0.204 e. The Balaban J connectivity index is 1.36. The van der Waals surface area contributed by atoms with Gasteiger partial charge in [-0.05, 0) is 43.2 Å². The van der Waals surface area contributed by atoms with Crippen molar-refractivity contribution in [2.75, 3.05) is 0 Å². The van der Waals surface area contributed by atoms with E-state index in [2.05, 4.69) is 20.7 Å². The number of nitrogens with zero attached hydrogens (tertiary/aromatic N) is 4. The average Bonchev–Trinajstić information content (AvgIpc) is 3.13. The highest BCUT2D eigenvalue weighted by atomic mass is 15.6. The second-order valence-corrected chi connectivity index (χ2v) is 6.34. The summed E-state index contributed by atoms with van der Waals surface area (Å²) >= 11 is 0. The van der Waals surface area contributed by atoms with Crippen molar-refractivity contribution in [2.45, 2.75) is 50.7 Å². The Bertz CT molecular complexity index is 582. The molecule has 1 aromatic carbocycles. The highest BCUT2D eigenvalue weighted by Crippen LogP contribution is 2.32. The molecule has 0 amide bonds. The van der Waals surface area contributed by atoms with Gasteiger partial charge in [0.05, 0.1) is 6.54 Å². The van der Waals surface area contributed by atoms with E-state index in [4.69, 9.17) is 0 Å². The van der Waals surface area contributed by atoms with E-state index in [9.17, 15) is 0 Å². The van der Waals surface area contributed by atoms with E-state index in [0.29, 0.717) is 0 Å².